The Morgan fingerprint density at radius 1 is 1.09 bits per heavy atom. The SMILES string of the molecule is CC(C)C(=O)Nc1cccc(Nc2ccc(C(=O)N=C3NCCN3)cc2C2CCOC2)c1. The first-order chi connectivity index (χ1) is 15.5. The molecule has 0 saturated carbocycles. The third-order valence-electron chi connectivity index (χ3n) is 5.52. The van der Waals surface area contributed by atoms with Gasteiger partial charge in [0.15, 0.2) is 5.96 Å². The summed E-state index contributed by atoms with van der Waals surface area (Å²) in [6.07, 6.45) is 0.897. The van der Waals surface area contributed by atoms with Crippen LogP contribution in [0.4, 0.5) is 17.1 Å². The number of amides is 2. The van der Waals surface area contributed by atoms with Crippen LogP contribution < -0.4 is 21.3 Å². The van der Waals surface area contributed by atoms with E-state index in [4.69, 9.17) is 4.74 Å². The molecule has 2 saturated heterocycles. The quantitative estimate of drug-likeness (QED) is 0.556. The maximum Gasteiger partial charge on any atom is 0.280 e. The van der Waals surface area contributed by atoms with E-state index in [9.17, 15) is 9.59 Å². The van der Waals surface area contributed by atoms with Crippen molar-refractivity contribution >= 4 is 34.8 Å². The summed E-state index contributed by atoms with van der Waals surface area (Å²) in [7, 11) is 0. The number of anilines is 3. The summed E-state index contributed by atoms with van der Waals surface area (Å²) in [6, 6.07) is 13.2. The molecule has 2 amide bonds. The van der Waals surface area contributed by atoms with E-state index in [1.807, 2.05) is 50.2 Å². The Morgan fingerprint density at radius 3 is 2.59 bits per heavy atom. The second-order valence-electron chi connectivity index (χ2n) is 8.33. The largest absolute Gasteiger partial charge is 0.381 e. The van der Waals surface area contributed by atoms with Crippen LogP contribution in [-0.2, 0) is 9.53 Å². The molecule has 32 heavy (non-hydrogen) atoms. The summed E-state index contributed by atoms with van der Waals surface area (Å²) in [5, 5.41) is 12.5. The fourth-order valence-electron chi connectivity index (χ4n) is 3.71. The van der Waals surface area contributed by atoms with Crippen molar-refractivity contribution < 1.29 is 14.3 Å². The molecule has 0 spiro atoms. The van der Waals surface area contributed by atoms with Crippen LogP contribution in [0.5, 0.6) is 0 Å². The predicted molar refractivity (Wildman–Crippen MR) is 126 cm³/mol. The number of ether oxygens (including phenoxy) is 1. The highest BCUT2D eigenvalue weighted by Gasteiger charge is 2.23. The highest BCUT2D eigenvalue weighted by Crippen LogP contribution is 2.34. The molecule has 2 fully saturated rings. The lowest BCUT2D eigenvalue weighted by molar-refractivity contribution is -0.118. The van der Waals surface area contributed by atoms with Crippen LogP contribution in [0.1, 0.15) is 42.1 Å². The Labute approximate surface area is 187 Å². The van der Waals surface area contributed by atoms with Crippen LogP contribution in [0.2, 0.25) is 0 Å². The average Bonchev–Trinajstić information content (AvgIpc) is 3.48. The summed E-state index contributed by atoms with van der Waals surface area (Å²) >= 11 is 0. The molecule has 168 valence electrons. The van der Waals surface area contributed by atoms with Crippen molar-refractivity contribution in [3.8, 4) is 0 Å². The first-order valence-corrected chi connectivity index (χ1v) is 11.0. The van der Waals surface area contributed by atoms with E-state index in [1.165, 1.54) is 0 Å². The lowest BCUT2D eigenvalue weighted by Crippen LogP contribution is -2.25. The molecule has 1 atom stereocenters. The maximum absolute atomic E-state index is 12.7. The van der Waals surface area contributed by atoms with Crippen LogP contribution >= 0.6 is 0 Å². The Morgan fingerprint density at radius 2 is 1.88 bits per heavy atom. The van der Waals surface area contributed by atoms with Crippen molar-refractivity contribution in [3.63, 3.8) is 0 Å². The zero-order valence-electron chi connectivity index (χ0n) is 18.4. The second-order valence-corrected chi connectivity index (χ2v) is 8.33. The highest BCUT2D eigenvalue weighted by molar-refractivity contribution is 6.03. The van der Waals surface area contributed by atoms with Crippen LogP contribution in [-0.4, -0.2) is 44.1 Å². The van der Waals surface area contributed by atoms with E-state index in [2.05, 4.69) is 26.3 Å². The minimum Gasteiger partial charge on any atom is -0.381 e. The van der Waals surface area contributed by atoms with Crippen molar-refractivity contribution in [1.29, 1.82) is 0 Å². The van der Waals surface area contributed by atoms with Gasteiger partial charge in [0.05, 0.1) is 6.61 Å². The molecule has 2 aliphatic rings. The molecule has 4 N–H and O–H groups in total. The van der Waals surface area contributed by atoms with E-state index in [-0.39, 0.29) is 23.7 Å². The van der Waals surface area contributed by atoms with Gasteiger partial charge in [-0.1, -0.05) is 19.9 Å². The van der Waals surface area contributed by atoms with Gasteiger partial charge in [0, 0.05) is 54.2 Å². The highest BCUT2D eigenvalue weighted by atomic mass is 16.5. The number of hydrogen-bond acceptors (Lipinski definition) is 4. The van der Waals surface area contributed by atoms with Gasteiger partial charge in [-0.15, -0.1) is 0 Å². The fraction of sp³-hybridized carbons (Fsp3) is 0.375. The number of hydrogen-bond donors (Lipinski definition) is 4. The second kappa shape index (κ2) is 9.82. The van der Waals surface area contributed by atoms with E-state index in [0.717, 1.165) is 42.1 Å². The number of aliphatic imine (C=N–C) groups is 1. The summed E-state index contributed by atoms with van der Waals surface area (Å²) in [4.78, 5) is 28.9. The zero-order chi connectivity index (χ0) is 22.5. The van der Waals surface area contributed by atoms with Gasteiger partial charge in [0.2, 0.25) is 5.91 Å². The first kappa shape index (κ1) is 21.8. The van der Waals surface area contributed by atoms with Gasteiger partial charge >= 0.3 is 0 Å². The first-order valence-electron chi connectivity index (χ1n) is 11.0. The smallest absolute Gasteiger partial charge is 0.280 e. The number of guanidine groups is 1. The number of benzene rings is 2. The molecule has 8 heteroatoms. The maximum atomic E-state index is 12.7. The minimum atomic E-state index is -0.285. The molecule has 1 unspecified atom stereocenters. The molecule has 0 bridgehead atoms. The third kappa shape index (κ3) is 5.26. The topological polar surface area (TPSA) is 104 Å². The van der Waals surface area contributed by atoms with Crippen LogP contribution in [0.25, 0.3) is 0 Å². The van der Waals surface area contributed by atoms with Crippen molar-refractivity contribution in [2.75, 3.05) is 36.9 Å². The molecule has 8 nitrogen and oxygen atoms in total. The molecule has 0 radical (unpaired) electrons. The van der Waals surface area contributed by atoms with Crippen molar-refractivity contribution in [1.82, 2.24) is 10.6 Å². The molecule has 0 aliphatic carbocycles. The number of rotatable bonds is 6. The van der Waals surface area contributed by atoms with Gasteiger partial charge in [-0.25, -0.2) is 0 Å². The van der Waals surface area contributed by atoms with Crippen molar-refractivity contribution in [2.24, 2.45) is 10.9 Å². The summed E-state index contributed by atoms with van der Waals surface area (Å²) in [6.45, 7) is 6.57. The lowest BCUT2D eigenvalue weighted by atomic mass is 9.94. The predicted octanol–water partition coefficient (Wildman–Crippen LogP) is 3.22. The molecular weight excluding hydrogens is 406 g/mol. The molecule has 2 aromatic rings. The van der Waals surface area contributed by atoms with E-state index < -0.39 is 0 Å². The number of nitrogens with one attached hydrogen (secondary N) is 4. The Hall–Kier alpha value is -3.39. The summed E-state index contributed by atoms with van der Waals surface area (Å²) in [5.74, 6) is 0.310. The summed E-state index contributed by atoms with van der Waals surface area (Å²) in [5.41, 5.74) is 4.06. The monoisotopic (exact) mass is 435 g/mol. The van der Waals surface area contributed by atoms with Crippen molar-refractivity contribution in [2.45, 2.75) is 26.2 Å². The van der Waals surface area contributed by atoms with Gasteiger partial charge in [0.25, 0.3) is 5.91 Å². The van der Waals surface area contributed by atoms with E-state index in [1.54, 1.807) is 6.07 Å². The zero-order valence-corrected chi connectivity index (χ0v) is 18.4. The fourth-order valence-corrected chi connectivity index (χ4v) is 3.71. The Balaban J connectivity index is 1.58. The Kier molecular flexibility index (Phi) is 6.70. The number of carbonyl (C=O) groups excluding carboxylic acids is 2. The molecule has 2 heterocycles. The molecule has 4 rings (SSSR count). The van der Waals surface area contributed by atoms with Gasteiger partial charge < -0.3 is 26.0 Å². The van der Waals surface area contributed by atoms with E-state index in [0.29, 0.717) is 24.7 Å². The van der Waals surface area contributed by atoms with E-state index >= 15 is 0 Å². The van der Waals surface area contributed by atoms with Crippen molar-refractivity contribution in [3.05, 3.63) is 53.6 Å². The normalized spacial score (nSPS) is 17.6. The van der Waals surface area contributed by atoms with Gasteiger partial charge in [-0.05, 0) is 48.4 Å². The molecule has 0 aromatic heterocycles. The minimum absolute atomic E-state index is 0.0262. The van der Waals surface area contributed by atoms with Gasteiger partial charge in [0.1, 0.15) is 0 Å². The average molecular weight is 436 g/mol. The van der Waals surface area contributed by atoms with Crippen LogP contribution in [0.15, 0.2) is 47.5 Å². The molecular formula is C24H29N5O3. The van der Waals surface area contributed by atoms with Gasteiger partial charge in [-0.2, -0.15) is 4.99 Å². The molecule has 2 aromatic carbocycles. The standard InChI is InChI=1S/C24H29N5O3/c1-15(2)22(30)28-19-5-3-4-18(13-19)27-21-7-6-16(12-20(21)17-8-11-32-14-17)23(31)29-24-25-9-10-26-24/h3-7,12-13,15,17,27H,8-11,14H2,1-2H3,(H,28,30)(H2,25,26,29,31). The number of nitrogens with zero attached hydrogens (tertiary/aromatic N) is 1. The van der Waals surface area contributed by atoms with Crippen LogP contribution in [0.3, 0.4) is 0 Å². The lowest BCUT2D eigenvalue weighted by Gasteiger charge is -2.18. The summed E-state index contributed by atoms with van der Waals surface area (Å²) < 4.78 is 5.60. The van der Waals surface area contributed by atoms with Crippen LogP contribution in [0, 0.1) is 5.92 Å². The molecule has 2 aliphatic heterocycles. The third-order valence-corrected chi connectivity index (χ3v) is 5.52. The van der Waals surface area contributed by atoms with Gasteiger partial charge in [-0.3, -0.25) is 9.59 Å². The number of carbonyl (C=O) groups is 2. The Bertz CT molecular complexity index is 1020.